The van der Waals surface area contributed by atoms with Gasteiger partial charge in [-0.25, -0.2) is 4.79 Å². The highest BCUT2D eigenvalue weighted by Crippen LogP contribution is 2.33. The fraction of sp³-hybridized carbons (Fsp3) is 0.263. The number of hydrogen-bond donors (Lipinski definition) is 1. The second kappa shape index (κ2) is 9.24. The van der Waals surface area contributed by atoms with Crippen LogP contribution >= 0.6 is 15.9 Å². The van der Waals surface area contributed by atoms with Crippen molar-refractivity contribution in [2.24, 2.45) is 0 Å². The average Bonchev–Trinajstić information content (AvgIpc) is 2.68. The molecule has 0 spiro atoms. The average molecular weight is 422 g/mol. The maximum absolute atomic E-state index is 12.2. The lowest BCUT2D eigenvalue weighted by Crippen LogP contribution is -2.25. The van der Waals surface area contributed by atoms with E-state index in [-0.39, 0.29) is 5.91 Å². The Hall–Kier alpha value is -2.54. The molecular weight excluding hydrogens is 402 g/mol. The second-order valence-corrected chi connectivity index (χ2v) is 6.23. The van der Waals surface area contributed by atoms with E-state index in [4.69, 9.17) is 9.47 Å². The van der Waals surface area contributed by atoms with Gasteiger partial charge in [0.1, 0.15) is 0 Å². The van der Waals surface area contributed by atoms with Gasteiger partial charge in [0.25, 0.3) is 5.91 Å². The number of carbonyl (C=O) groups excluding carboxylic acids is 2. The van der Waals surface area contributed by atoms with Crippen LogP contribution in [0.3, 0.4) is 0 Å². The van der Waals surface area contributed by atoms with Gasteiger partial charge in [0.15, 0.2) is 11.5 Å². The molecule has 0 aliphatic carbocycles. The van der Waals surface area contributed by atoms with Crippen molar-refractivity contribution in [3.8, 4) is 11.5 Å². The molecule has 7 heteroatoms. The molecule has 0 aromatic heterocycles. The molecule has 0 atom stereocenters. The summed E-state index contributed by atoms with van der Waals surface area (Å²) in [6.07, 6.45) is 0.618. The molecule has 0 unspecified atom stereocenters. The summed E-state index contributed by atoms with van der Waals surface area (Å²) in [4.78, 5) is 23.6. The zero-order valence-electron chi connectivity index (χ0n) is 14.8. The lowest BCUT2D eigenvalue weighted by Gasteiger charge is -2.12. The quantitative estimate of drug-likeness (QED) is 0.694. The molecule has 0 bridgehead atoms. The number of rotatable bonds is 7. The van der Waals surface area contributed by atoms with Crippen LogP contribution in [0.4, 0.5) is 0 Å². The Bertz CT molecular complexity index is 789. The zero-order chi connectivity index (χ0) is 19.1. The van der Waals surface area contributed by atoms with Crippen molar-refractivity contribution in [2.45, 2.75) is 6.42 Å². The highest BCUT2D eigenvalue weighted by Gasteiger charge is 2.11. The minimum absolute atomic E-state index is 0.210. The van der Waals surface area contributed by atoms with Crippen molar-refractivity contribution in [1.29, 1.82) is 0 Å². The summed E-state index contributed by atoms with van der Waals surface area (Å²) < 4.78 is 16.1. The highest BCUT2D eigenvalue weighted by molar-refractivity contribution is 9.10. The van der Waals surface area contributed by atoms with Crippen LogP contribution in [0.1, 0.15) is 26.3 Å². The van der Waals surface area contributed by atoms with E-state index >= 15 is 0 Å². The molecule has 0 heterocycles. The van der Waals surface area contributed by atoms with Gasteiger partial charge in [-0.05, 0) is 48.4 Å². The summed E-state index contributed by atoms with van der Waals surface area (Å²) in [5, 5.41) is 2.86. The summed E-state index contributed by atoms with van der Waals surface area (Å²) >= 11 is 3.50. The lowest BCUT2D eigenvalue weighted by molar-refractivity contribution is 0.0600. The van der Waals surface area contributed by atoms with E-state index in [0.29, 0.717) is 35.6 Å². The summed E-state index contributed by atoms with van der Waals surface area (Å²) in [5.41, 5.74) is 1.87. The summed E-state index contributed by atoms with van der Waals surface area (Å²) in [7, 11) is 4.47. The first-order chi connectivity index (χ1) is 12.5. The van der Waals surface area contributed by atoms with Gasteiger partial charge < -0.3 is 19.5 Å². The fourth-order valence-electron chi connectivity index (χ4n) is 2.38. The summed E-state index contributed by atoms with van der Waals surface area (Å²) in [6.45, 7) is 0.450. The third-order valence-corrected chi connectivity index (χ3v) is 4.54. The van der Waals surface area contributed by atoms with Gasteiger partial charge in [-0.2, -0.15) is 0 Å². The number of carbonyl (C=O) groups is 2. The first-order valence-electron chi connectivity index (χ1n) is 7.87. The molecule has 0 radical (unpaired) electrons. The predicted octanol–water partition coefficient (Wildman–Crippen LogP) is 3.23. The van der Waals surface area contributed by atoms with Crippen LogP contribution in [-0.2, 0) is 11.2 Å². The molecule has 138 valence electrons. The minimum atomic E-state index is -0.435. The van der Waals surface area contributed by atoms with Crippen molar-refractivity contribution in [3.63, 3.8) is 0 Å². The van der Waals surface area contributed by atoms with Gasteiger partial charge in [-0.15, -0.1) is 0 Å². The number of benzene rings is 2. The molecule has 0 aliphatic heterocycles. The van der Waals surface area contributed by atoms with Gasteiger partial charge in [-0.1, -0.05) is 15.9 Å². The van der Waals surface area contributed by atoms with Crippen LogP contribution in [-0.4, -0.2) is 39.8 Å². The molecule has 0 fully saturated rings. The van der Waals surface area contributed by atoms with Gasteiger partial charge >= 0.3 is 5.97 Å². The van der Waals surface area contributed by atoms with E-state index in [1.807, 2.05) is 12.1 Å². The van der Waals surface area contributed by atoms with E-state index in [9.17, 15) is 9.59 Å². The van der Waals surface area contributed by atoms with Gasteiger partial charge in [-0.3, -0.25) is 4.79 Å². The van der Waals surface area contributed by atoms with E-state index in [1.165, 1.54) is 7.11 Å². The van der Waals surface area contributed by atoms with E-state index < -0.39 is 5.97 Å². The normalized spacial score (nSPS) is 10.2. The Morgan fingerprint density at radius 2 is 1.54 bits per heavy atom. The molecule has 2 aromatic carbocycles. The number of nitrogens with one attached hydrogen (secondary N) is 1. The Labute approximate surface area is 160 Å². The number of hydrogen-bond acceptors (Lipinski definition) is 5. The standard InChI is InChI=1S/C19H20BrNO5/c1-24-16-10-14(15(20)11-17(16)25-2)8-9-21-18(22)12-4-6-13(7-5-12)19(23)26-3/h4-7,10-11H,8-9H2,1-3H3,(H,21,22). The molecule has 2 aromatic rings. The first kappa shape index (κ1) is 19.8. The molecule has 0 aliphatic rings. The Morgan fingerprint density at radius 3 is 2.12 bits per heavy atom. The van der Waals surface area contributed by atoms with E-state index in [0.717, 1.165) is 10.0 Å². The Morgan fingerprint density at radius 1 is 0.962 bits per heavy atom. The summed E-state index contributed by atoms with van der Waals surface area (Å²) in [5.74, 6) is 0.626. The van der Waals surface area contributed by atoms with Crippen molar-refractivity contribution in [1.82, 2.24) is 5.32 Å². The van der Waals surface area contributed by atoms with Gasteiger partial charge in [0.2, 0.25) is 0 Å². The van der Waals surface area contributed by atoms with Crippen molar-refractivity contribution >= 4 is 27.8 Å². The molecule has 1 N–H and O–H groups in total. The van der Waals surface area contributed by atoms with Crippen LogP contribution in [0, 0.1) is 0 Å². The van der Waals surface area contributed by atoms with E-state index in [1.54, 1.807) is 38.5 Å². The Balaban J connectivity index is 1.97. The molecule has 1 amide bonds. The monoisotopic (exact) mass is 421 g/mol. The molecular formula is C19H20BrNO5. The second-order valence-electron chi connectivity index (χ2n) is 5.37. The Kier molecular flexibility index (Phi) is 7.03. The summed E-state index contributed by atoms with van der Waals surface area (Å²) in [6, 6.07) is 10.0. The fourth-order valence-corrected chi connectivity index (χ4v) is 2.90. The van der Waals surface area contributed by atoms with Crippen LogP contribution in [0.25, 0.3) is 0 Å². The van der Waals surface area contributed by atoms with Crippen LogP contribution in [0.15, 0.2) is 40.9 Å². The van der Waals surface area contributed by atoms with Crippen molar-refractivity contribution in [2.75, 3.05) is 27.9 Å². The number of ether oxygens (including phenoxy) is 3. The smallest absolute Gasteiger partial charge is 0.337 e. The topological polar surface area (TPSA) is 73.9 Å². The maximum Gasteiger partial charge on any atom is 0.337 e. The number of esters is 1. The molecule has 26 heavy (non-hydrogen) atoms. The van der Waals surface area contributed by atoms with Crippen LogP contribution in [0.5, 0.6) is 11.5 Å². The molecule has 6 nitrogen and oxygen atoms in total. The number of halogens is 1. The molecule has 2 rings (SSSR count). The van der Waals surface area contributed by atoms with Crippen LogP contribution < -0.4 is 14.8 Å². The maximum atomic E-state index is 12.2. The number of methoxy groups -OCH3 is 3. The zero-order valence-corrected chi connectivity index (χ0v) is 16.4. The van der Waals surface area contributed by atoms with Crippen molar-refractivity contribution < 1.29 is 23.8 Å². The van der Waals surface area contributed by atoms with E-state index in [2.05, 4.69) is 26.0 Å². The third-order valence-electron chi connectivity index (χ3n) is 3.80. The molecule has 0 saturated carbocycles. The highest BCUT2D eigenvalue weighted by atomic mass is 79.9. The van der Waals surface area contributed by atoms with Crippen molar-refractivity contribution in [3.05, 3.63) is 57.6 Å². The van der Waals surface area contributed by atoms with Gasteiger partial charge in [0, 0.05) is 16.6 Å². The lowest BCUT2D eigenvalue weighted by atomic mass is 10.1. The largest absolute Gasteiger partial charge is 0.493 e. The minimum Gasteiger partial charge on any atom is -0.493 e. The molecule has 0 saturated heterocycles. The first-order valence-corrected chi connectivity index (χ1v) is 8.66. The number of amides is 1. The van der Waals surface area contributed by atoms with Gasteiger partial charge in [0.05, 0.1) is 26.9 Å². The van der Waals surface area contributed by atoms with Crippen LogP contribution in [0.2, 0.25) is 0 Å². The third kappa shape index (κ3) is 4.76. The predicted molar refractivity (Wildman–Crippen MR) is 101 cm³/mol. The SMILES string of the molecule is COC(=O)c1ccc(C(=O)NCCc2cc(OC)c(OC)cc2Br)cc1.